The van der Waals surface area contributed by atoms with E-state index in [0.717, 1.165) is 44.5 Å². The zero-order valence-electron chi connectivity index (χ0n) is 41.1. The Balaban J connectivity index is 1.05. The molecular weight excluding hydrogens is 981 g/mol. The van der Waals surface area contributed by atoms with E-state index in [1.54, 1.807) is 0 Å². The first-order chi connectivity index (χ1) is 37.3. The molecule has 0 unspecified atom stereocenters. The van der Waals surface area contributed by atoms with Gasteiger partial charge in [0.1, 0.15) is 46.0 Å². The fraction of sp³-hybridized carbons (Fsp3) is 0.345. The van der Waals surface area contributed by atoms with E-state index >= 15 is 0 Å². The normalized spacial score (nSPS) is 21.7. The molecule has 0 radical (unpaired) electrons. The van der Waals surface area contributed by atoms with Crippen molar-refractivity contribution in [2.45, 2.75) is 75.0 Å². The standard InChI is InChI=1S/C58H50N2O16/c61-55-31-13-32(24-59-23-31)56(62)66-10-2-6-36-40-15-39-35(5-1-9-65-55)43-17-44-37-7-3-11-67-57(63)33-14-34(26-60-25-33)58(64)68-12-4-8-38-42-16-41(37)49-20-50(42)72-30-76-54-22-53(45(36)18-46(38)54)75-28-70-48(40)19-47(39)69-27-73-51(43)21-52(44)74-29-71-49/h13-26,35-38H,1-12,27-30H2. The highest BCUT2D eigenvalue weighted by Gasteiger charge is 2.38. The Morgan fingerprint density at radius 1 is 0.276 bits per heavy atom. The Morgan fingerprint density at radius 2 is 0.487 bits per heavy atom. The lowest BCUT2D eigenvalue weighted by atomic mass is 9.76. The van der Waals surface area contributed by atoms with Crippen LogP contribution in [0.5, 0.6) is 46.0 Å². The van der Waals surface area contributed by atoms with Gasteiger partial charge in [-0.15, -0.1) is 0 Å². The summed E-state index contributed by atoms with van der Waals surface area (Å²) in [5, 5.41) is 0. The first kappa shape index (κ1) is 47.2. The third kappa shape index (κ3) is 8.83. The van der Waals surface area contributed by atoms with Crippen LogP contribution < -0.4 is 37.9 Å². The number of benzene rings is 4. The third-order valence-corrected chi connectivity index (χ3v) is 15.2. The van der Waals surface area contributed by atoms with E-state index in [-0.39, 0.29) is 75.9 Å². The number of rotatable bonds is 0. The summed E-state index contributed by atoms with van der Waals surface area (Å²) in [6.45, 7) is -0.402. The molecule has 1 aliphatic carbocycles. The van der Waals surface area contributed by atoms with Crippen molar-refractivity contribution in [3.05, 3.63) is 152 Å². The van der Waals surface area contributed by atoms with Gasteiger partial charge >= 0.3 is 23.9 Å². The van der Waals surface area contributed by atoms with Gasteiger partial charge in [-0.05, 0) is 87.8 Å². The fourth-order valence-electron chi connectivity index (χ4n) is 11.6. The maximum atomic E-state index is 13.5. The minimum Gasteiger partial charge on any atom is -0.462 e. The lowest BCUT2D eigenvalue weighted by Gasteiger charge is -2.35. The minimum atomic E-state index is -0.621. The van der Waals surface area contributed by atoms with Gasteiger partial charge in [-0.3, -0.25) is 9.97 Å². The number of hydrogen-bond donors (Lipinski definition) is 0. The SMILES string of the molecule is O=C1OCCCC2c3cc4c5cc3OCOc3cc6c(cc32)C2CCCOC(=O)c3cncc(c3)C(=O)OCCCC3c7cc2c(cc7OCOc2cc(c(cc23)C4CCCOC(=O)c2cncc1c2)OCO5)OCO6. The van der Waals surface area contributed by atoms with E-state index < -0.39 is 47.5 Å². The molecule has 76 heavy (non-hydrogen) atoms. The van der Waals surface area contributed by atoms with Gasteiger partial charge in [-0.25, -0.2) is 19.2 Å². The van der Waals surface area contributed by atoms with E-state index in [9.17, 15) is 19.2 Å². The summed E-state index contributed by atoms with van der Waals surface area (Å²) in [7, 11) is 0. The molecule has 16 bridgehead atoms. The summed E-state index contributed by atoms with van der Waals surface area (Å²) in [5.74, 6) is 0.170. The summed E-state index contributed by atoms with van der Waals surface area (Å²) in [4.78, 5) is 62.4. The minimum absolute atomic E-state index is 0.0439. The van der Waals surface area contributed by atoms with Crippen molar-refractivity contribution in [1.82, 2.24) is 9.97 Å². The van der Waals surface area contributed by atoms with Crippen LogP contribution in [0.3, 0.4) is 0 Å². The number of aromatic nitrogens is 2. The first-order valence-electron chi connectivity index (χ1n) is 25.6. The number of carbonyl (C=O) groups is 4. The van der Waals surface area contributed by atoms with Crippen LogP contribution >= 0.6 is 0 Å². The van der Waals surface area contributed by atoms with Crippen LogP contribution in [0.1, 0.15) is 161 Å². The second-order valence-electron chi connectivity index (χ2n) is 19.6. The molecule has 0 atom stereocenters. The van der Waals surface area contributed by atoms with Gasteiger partial charge in [-0.2, -0.15) is 0 Å². The molecule has 0 amide bonds. The van der Waals surface area contributed by atoms with Crippen LogP contribution in [0.2, 0.25) is 0 Å². The molecule has 0 fully saturated rings. The molecule has 4 aromatic carbocycles. The summed E-state index contributed by atoms with van der Waals surface area (Å²) in [5.41, 5.74) is 7.32. The molecule has 8 heterocycles. The summed E-state index contributed by atoms with van der Waals surface area (Å²) < 4.78 is 75.8. The zero-order valence-corrected chi connectivity index (χ0v) is 41.1. The van der Waals surface area contributed by atoms with Crippen molar-refractivity contribution in [2.75, 3.05) is 53.6 Å². The molecule has 13 rings (SSSR count). The van der Waals surface area contributed by atoms with E-state index in [1.807, 2.05) is 24.3 Å². The highest BCUT2D eigenvalue weighted by atomic mass is 16.7. The second-order valence-corrected chi connectivity index (χ2v) is 19.6. The van der Waals surface area contributed by atoms with Crippen LogP contribution in [0.25, 0.3) is 0 Å². The van der Waals surface area contributed by atoms with E-state index in [2.05, 4.69) is 34.2 Å². The Hall–Kier alpha value is -8.54. The van der Waals surface area contributed by atoms with Crippen molar-refractivity contribution < 1.29 is 76.0 Å². The lowest BCUT2D eigenvalue weighted by molar-refractivity contribution is 0.0475. The Kier molecular flexibility index (Phi) is 12.4. The smallest absolute Gasteiger partial charge is 0.339 e. The third-order valence-electron chi connectivity index (χ3n) is 15.2. The van der Waals surface area contributed by atoms with Gasteiger partial charge in [0.2, 0.25) is 27.2 Å². The van der Waals surface area contributed by atoms with Crippen molar-refractivity contribution in [3.63, 3.8) is 0 Å². The average Bonchev–Trinajstić information content (AvgIpc) is 3.42. The molecular formula is C58H50N2O16. The predicted octanol–water partition coefficient (Wildman–Crippen LogP) is 9.41. The number of cyclic esters (lactones) is 4. The van der Waals surface area contributed by atoms with Gasteiger partial charge in [0.05, 0.1) is 48.7 Å². The van der Waals surface area contributed by atoms with Gasteiger partial charge in [0.15, 0.2) is 0 Å². The molecule has 6 aromatic rings. The van der Waals surface area contributed by atoms with Crippen molar-refractivity contribution in [3.8, 4) is 46.0 Å². The molecule has 0 N–H and O–H groups in total. The lowest BCUT2D eigenvalue weighted by Crippen LogP contribution is -2.23. The van der Waals surface area contributed by atoms with E-state index in [0.29, 0.717) is 97.4 Å². The highest BCUT2D eigenvalue weighted by molar-refractivity contribution is 5.95. The van der Waals surface area contributed by atoms with Crippen LogP contribution in [-0.2, 0) is 18.9 Å². The maximum Gasteiger partial charge on any atom is 0.339 e. The summed E-state index contributed by atoms with van der Waals surface area (Å²) in [6, 6.07) is 19.1. The number of fused-ring (bicyclic) bond motifs is 4. The molecule has 0 saturated heterocycles. The first-order valence-corrected chi connectivity index (χ1v) is 25.6. The maximum absolute atomic E-state index is 13.5. The molecule has 18 heteroatoms. The monoisotopic (exact) mass is 1030 g/mol. The molecule has 388 valence electrons. The summed E-state index contributed by atoms with van der Waals surface area (Å²) >= 11 is 0. The van der Waals surface area contributed by atoms with Crippen molar-refractivity contribution in [2.24, 2.45) is 0 Å². The number of ether oxygens (including phenoxy) is 12. The number of hydrogen-bond acceptors (Lipinski definition) is 18. The zero-order chi connectivity index (χ0) is 51.3. The van der Waals surface area contributed by atoms with Gasteiger partial charge in [0.25, 0.3) is 0 Å². The summed E-state index contributed by atoms with van der Waals surface area (Å²) in [6.07, 6.45) is 9.00. The number of pyridine rings is 2. The number of esters is 4. The second kappa shape index (κ2) is 20.0. The molecule has 0 spiro atoms. The molecule has 0 saturated carbocycles. The largest absolute Gasteiger partial charge is 0.462 e. The van der Waals surface area contributed by atoms with Crippen molar-refractivity contribution in [1.29, 1.82) is 0 Å². The molecule has 18 nitrogen and oxygen atoms in total. The molecule has 2 aromatic heterocycles. The highest BCUT2D eigenvalue weighted by Crippen LogP contribution is 2.55. The predicted molar refractivity (Wildman–Crippen MR) is 264 cm³/mol. The van der Waals surface area contributed by atoms with Crippen LogP contribution in [0.4, 0.5) is 0 Å². The van der Waals surface area contributed by atoms with E-state index in [1.165, 1.54) is 36.9 Å². The van der Waals surface area contributed by atoms with Crippen LogP contribution in [0.15, 0.2) is 85.5 Å². The van der Waals surface area contributed by atoms with Gasteiger partial charge in [0, 0.05) is 117 Å². The Labute approximate surface area is 435 Å². The number of carbonyl (C=O) groups excluding carboxylic acids is 4. The van der Waals surface area contributed by atoms with Gasteiger partial charge < -0.3 is 56.8 Å². The topological polar surface area (TPSA) is 205 Å². The molecule has 7 aliphatic rings. The van der Waals surface area contributed by atoms with Gasteiger partial charge in [-0.1, -0.05) is 0 Å². The Morgan fingerprint density at radius 3 is 0.697 bits per heavy atom. The quantitative estimate of drug-likeness (QED) is 0.103. The molecule has 6 aliphatic heterocycles. The fourth-order valence-corrected chi connectivity index (χ4v) is 11.6. The van der Waals surface area contributed by atoms with Crippen LogP contribution in [0, 0.1) is 0 Å². The van der Waals surface area contributed by atoms with E-state index in [4.69, 9.17) is 56.8 Å². The number of nitrogens with zero attached hydrogens (tertiary/aromatic N) is 2. The Bertz CT molecular complexity index is 2930. The van der Waals surface area contributed by atoms with Crippen molar-refractivity contribution >= 4 is 23.9 Å². The average molecular weight is 1030 g/mol. The van der Waals surface area contributed by atoms with Crippen LogP contribution in [-0.4, -0.2) is 87.4 Å².